The average Bonchev–Trinajstić information content (AvgIpc) is 2.61. The summed E-state index contributed by atoms with van der Waals surface area (Å²) >= 11 is 0. The minimum atomic E-state index is -0.929. The van der Waals surface area contributed by atoms with Crippen LogP contribution in [-0.2, 0) is 13.6 Å². The molecule has 1 aromatic carbocycles. The Morgan fingerprint density at radius 1 is 1.50 bits per heavy atom. The number of halogens is 1. The van der Waals surface area contributed by atoms with E-state index in [9.17, 15) is 19.3 Å². The number of hydrogen-bond donors (Lipinski definition) is 0. The van der Waals surface area contributed by atoms with Crippen LogP contribution in [0.4, 0.5) is 10.1 Å². The minimum absolute atomic E-state index is 0.0641. The molecule has 0 spiro atoms. The van der Waals surface area contributed by atoms with E-state index in [-0.39, 0.29) is 12.2 Å². The van der Waals surface area contributed by atoms with Crippen molar-refractivity contribution in [2.24, 2.45) is 7.05 Å². The summed E-state index contributed by atoms with van der Waals surface area (Å²) in [6.45, 7) is 0.0641. The summed E-state index contributed by atoms with van der Waals surface area (Å²) in [5, 5.41) is 14.3. The summed E-state index contributed by atoms with van der Waals surface area (Å²) < 4.78 is 15.8. The summed E-state index contributed by atoms with van der Waals surface area (Å²) in [4.78, 5) is 21.1. The fourth-order valence-electron chi connectivity index (χ4n) is 1.50. The van der Waals surface area contributed by atoms with Crippen LogP contribution < -0.4 is 5.69 Å². The maximum Gasteiger partial charge on any atom is 0.345 e. The number of hydrogen-bond acceptors (Lipinski definition) is 4. The minimum Gasteiger partial charge on any atom is -0.285 e. The molecular formula is C10H9FN4O3. The van der Waals surface area contributed by atoms with Crippen molar-refractivity contribution >= 4 is 5.69 Å². The van der Waals surface area contributed by atoms with Gasteiger partial charge < -0.3 is 0 Å². The van der Waals surface area contributed by atoms with E-state index in [4.69, 9.17) is 0 Å². The highest BCUT2D eigenvalue weighted by molar-refractivity contribution is 5.35. The van der Waals surface area contributed by atoms with Gasteiger partial charge in [0.1, 0.15) is 6.33 Å². The van der Waals surface area contributed by atoms with Crippen molar-refractivity contribution in [1.29, 1.82) is 0 Å². The lowest BCUT2D eigenvalue weighted by atomic mass is 10.2. The second-order valence-corrected chi connectivity index (χ2v) is 3.72. The van der Waals surface area contributed by atoms with Crippen molar-refractivity contribution in [1.82, 2.24) is 14.3 Å². The second kappa shape index (κ2) is 4.40. The van der Waals surface area contributed by atoms with E-state index >= 15 is 0 Å². The van der Waals surface area contributed by atoms with Crippen LogP contribution in [0.15, 0.2) is 29.3 Å². The average molecular weight is 252 g/mol. The number of aromatic nitrogens is 3. The number of benzene rings is 1. The molecule has 0 amide bonds. The van der Waals surface area contributed by atoms with Crippen LogP contribution in [0.3, 0.4) is 0 Å². The van der Waals surface area contributed by atoms with Gasteiger partial charge in [-0.15, -0.1) is 0 Å². The van der Waals surface area contributed by atoms with E-state index in [2.05, 4.69) is 5.10 Å². The standard InChI is InChI=1S/C10H9FN4O3/c1-13-6-12-14(10(13)16)5-7-2-3-9(15(17)18)8(11)4-7/h2-4,6H,5H2,1H3. The van der Waals surface area contributed by atoms with Crippen LogP contribution in [0.5, 0.6) is 0 Å². The van der Waals surface area contributed by atoms with Crippen molar-refractivity contribution < 1.29 is 9.31 Å². The normalized spacial score (nSPS) is 10.6. The molecule has 0 unspecified atom stereocenters. The Morgan fingerprint density at radius 2 is 2.22 bits per heavy atom. The molecule has 0 aliphatic carbocycles. The van der Waals surface area contributed by atoms with Gasteiger partial charge in [-0.3, -0.25) is 14.7 Å². The molecule has 7 nitrogen and oxygen atoms in total. The molecule has 1 heterocycles. The first-order valence-corrected chi connectivity index (χ1v) is 5.00. The van der Waals surface area contributed by atoms with Gasteiger partial charge in [0.2, 0.25) is 5.82 Å². The number of rotatable bonds is 3. The van der Waals surface area contributed by atoms with Crippen LogP contribution in [0, 0.1) is 15.9 Å². The number of nitro groups is 1. The molecule has 0 fully saturated rings. The molecule has 1 aromatic heterocycles. The lowest BCUT2D eigenvalue weighted by Gasteiger charge is -2.01. The zero-order valence-corrected chi connectivity index (χ0v) is 9.41. The van der Waals surface area contributed by atoms with Gasteiger partial charge >= 0.3 is 11.4 Å². The van der Waals surface area contributed by atoms with E-state index in [1.807, 2.05) is 0 Å². The topological polar surface area (TPSA) is 83.0 Å². The zero-order chi connectivity index (χ0) is 13.3. The third-order valence-electron chi connectivity index (χ3n) is 2.43. The van der Waals surface area contributed by atoms with Crippen LogP contribution in [-0.4, -0.2) is 19.3 Å². The number of aryl methyl sites for hydroxylation is 1. The first-order valence-electron chi connectivity index (χ1n) is 5.00. The molecule has 0 aliphatic heterocycles. The quantitative estimate of drug-likeness (QED) is 0.594. The zero-order valence-electron chi connectivity index (χ0n) is 9.41. The summed E-state index contributed by atoms with van der Waals surface area (Å²) in [6, 6.07) is 3.49. The molecule has 94 valence electrons. The molecule has 8 heteroatoms. The lowest BCUT2D eigenvalue weighted by Crippen LogP contribution is -2.23. The Labute approximate surface area is 100 Å². The van der Waals surface area contributed by atoms with Gasteiger partial charge in [0.15, 0.2) is 0 Å². The summed E-state index contributed by atoms with van der Waals surface area (Å²) in [5.41, 5.74) is -0.500. The maximum atomic E-state index is 13.4. The highest BCUT2D eigenvalue weighted by Gasteiger charge is 2.14. The first-order chi connectivity index (χ1) is 8.49. The van der Waals surface area contributed by atoms with Crippen molar-refractivity contribution in [3.05, 3.63) is 56.5 Å². The molecule has 0 saturated heterocycles. The molecule has 0 N–H and O–H groups in total. The molecule has 0 aliphatic rings. The van der Waals surface area contributed by atoms with Crippen molar-refractivity contribution in [2.75, 3.05) is 0 Å². The monoisotopic (exact) mass is 252 g/mol. The largest absolute Gasteiger partial charge is 0.345 e. The van der Waals surface area contributed by atoms with E-state index in [1.54, 1.807) is 7.05 Å². The molecule has 2 rings (SSSR count). The van der Waals surface area contributed by atoms with Gasteiger partial charge in [-0.05, 0) is 11.6 Å². The van der Waals surface area contributed by atoms with Crippen LogP contribution in [0.1, 0.15) is 5.56 Å². The van der Waals surface area contributed by atoms with Crippen LogP contribution in [0.25, 0.3) is 0 Å². The third-order valence-corrected chi connectivity index (χ3v) is 2.43. The fourth-order valence-corrected chi connectivity index (χ4v) is 1.50. The molecule has 0 bridgehead atoms. The Bertz CT molecular complexity index is 661. The molecular weight excluding hydrogens is 243 g/mol. The van der Waals surface area contributed by atoms with E-state index in [0.717, 1.165) is 16.8 Å². The van der Waals surface area contributed by atoms with Crippen molar-refractivity contribution in [3.63, 3.8) is 0 Å². The highest BCUT2D eigenvalue weighted by Crippen LogP contribution is 2.18. The Kier molecular flexibility index (Phi) is 2.92. The molecule has 0 radical (unpaired) electrons. The number of nitro benzene ring substituents is 1. The van der Waals surface area contributed by atoms with E-state index in [0.29, 0.717) is 5.56 Å². The maximum absolute atomic E-state index is 13.4. The van der Waals surface area contributed by atoms with Crippen molar-refractivity contribution in [3.8, 4) is 0 Å². The second-order valence-electron chi connectivity index (χ2n) is 3.72. The third kappa shape index (κ3) is 2.12. The van der Waals surface area contributed by atoms with Gasteiger partial charge in [-0.1, -0.05) is 6.07 Å². The van der Waals surface area contributed by atoms with Gasteiger partial charge in [-0.2, -0.15) is 9.49 Å². The fraction of sp³-hybridized carbons (Fsp3) is 0.200. The van der Waals surface area contributed by atoms with Gasteiger partial charge in [0, 0.05) is 13.1 Å². The highest BCUT2D eigenvalue weighted by atomic mass is 19.1. The SMILES string of the molecule is Cn1cnn(Cc2ccc([N+](=O)[O-])c(F)c2)c1=O. The predicted molar refractivity (Wildman–Crippen MR) is 59.6 cm³/mol. The van der Waals surface area contributed by atoms with Gasteiger partial charge in [-0.25, -0.2) is 9.48 Å². The number of nitrogens with zero attached hydrogens (tertiary/aromatic N) is 4. The first kappa shape index (κ1) is 12.0. The van der Waals surface area contributed by atoms with E-state index < -0.39 is 16.4 Å². The summed E-state index contributed by atoms with van der Waals surface area (Å²) in [5.74, 6) is -0.929. The molecule has 2 aromatic rings. The Balaban J connectivity index is 2.31. The van der Waals surface area contributed by atoms with Crippen molar-refractivity contribution in [2.45, 2.75) is 6.54 Å². The van der Waals surface area contributed by atoms with Crippen LogP contribution in [0.2, 0.25) is 0 Å². The summed E-state index contributed by atoms with van der Waals surface area (Å²) in [6.07, 6.45) is 1.34. The smallest absolute Gasteiger partial charge is 0.285 e. The molecule has 18 heavy (non-hydrogen) atoms. The van der Waals surface area contributed by atoms with E-state index in [1.165, 1.54) is 17.0 Å². The Hall–Kier alpha value is -2.51. The predicted octanol–water partition coefficient (Wildman–Crippen LogP) is 0.677. The van der Waals surface area contributed by atoms with Crippen LogP contribution >= 0.6 is 0 Å². The van der Waals surface area contributed by atoms with Gasteiger partial charge in [0.25, 0.3) is 0 Å². The molecule has 0 atom stereocenters. The van der Waals surface area contributed by atoms with Gasteiger partial charge in [0.05, 0.1) is 11.5 Å². The lowest BCUT2D eigenvalue weighted by molar-refractivity contribution is -0.387. The molecule has 0 saturated carbocycles. The Morgan fingerprint density at radius 3 is 2.72 bits per heavy atom. The summed E-state index contributed by atoms with van der Waals surface area (Å²) in [7, 11) is 1.54.